The number of anilines is 1. The molecule has 0 aliphatic carbocycles. The molecule has 1 aliphatic heterocycles. The summed E-state index contributed by atoms with van der Waals surface area (Å²) in [6, 6.07) is 12.2. The van der Waals surface area contributed by atoms with E-state index < -0.39 is 10.4 Å². The van der Waals surface area contributed by atoms with Crippen molar-refractivity contribution in [2.45, 2.75) is 11.8 Å². The van der Waals surface area contributed by atoms with Crippen LogP contribution >= 0.6 is 34.7 Å². The van der Waals surface area contributed by atoms with Crippen LogP contribution in [0.15, 0.2) is 46.3 Å². The Morgan fingerprint density at radius 2 is 2.00 bits per heavy atom. The van der Waals surface area contributed by atoms with Crippen molar-refractivity contribution in [1.82, 2.24) is 0 Å². The van der Waals surface area contributed by atoms with Gasteiger partial charge in [-0.3, -0.25) is 4.18 Å². The largest absolute Gasteiger partial charge is 0.726 e. The second kappa shape index (κ2) is 9.76. The summed E-state index contributed by atoms with van der Waals surface area (Å²) >= 11 is 9.65. The van der Waals surface area contributed by atoms with E-state index in [0.29, 0.717) is 0 Å². The maximum Gasteiger partial charge on any atom is 0.265 e. The van der Waals surface area contributed by atoms with Gasteiger partial charge in [0.25, 0.3) is 5.01 Å². The van der Waals surface area contributed by atoms with Crippen LogP contribution in [0.5, 0.6) is 5.75 Å². The molecule has 166 valence electrons. The Hall–Kier alpha value is -1.82. The molecular weight excluding hydrogens is 480 g/mol. The van der Waals surface area contributed by atoms with Gasteiger partial charge in [0.05, 0.1) is 30.5 Å². The molecule has 1 aromatic heterocycles. The minimum Gasteiger partial charge on any atom is -0.726 e. The standard InChI is InChI=1S/C18H16ClN2OS2.C2H6O4S/c1-20-13-6-4-11(19)8-16(13)24-17(20)10-18-21(2)14-9-12(22-3)5-7-15(14)23-18;1-2-6-7(3,4)5/h4-10H,1-3H3;2H2,1H3,(H,3,4,5)/q+1;/p-1. The van der Waals surface area contributed by atoms with Gasteiger partial charge in [-0.1, -0.05) is 34.7 Å². The van der Waals surface area contributed by atoms with Crippen molar-refractivity contribution < 1.29 is 26.5 Å². The molecule has 3 aromatic rings. The molecule has 0 bridgehead atoms. The van der Waals surface area contributed by atoms with Gasteiger partial charge in [-0.05, 0) is 31.2 Å². The van der Waals surface area contributed by atoms with Gasteiger partial charge in [-0.15, -0.1) is 0 Å². The molecule has 31 heavy (non-hydrogen) atoms. The van der Waals surface area contributed by atoms with Gasteiger partial charge in [0.2, 0.25) is 15.9 Å². The molecule has 7 nitrogen and oxygen atoms in total. The van der Waals surface area contributed by atoms with Gasteiger partial charge in [-0.25, -0.2) is 8.42 Å². The zero-order valence-corrected chi connectivity index (χ0v) is 20.5. The number of hydrogen-bond donors (Lipinski definition) is 0. The maximum absolute atomic E-state index is 9.45. The molecule has 0 saturated carbocycles. The van der Waals surface area contributed by atoms with E-state index in [1.54, 1.807) is 30.2 Å². The molecule has 0 radical (unpaired) electrons. The molecule has 2 aromatic carbocycles. The second-order valence-corrected chi connectivity index (χ2v) is 10.0. The van der Waals surface area contributed by atoms with Crippen molar-refractivity contribution in [3.8, 4) is 5.75 Å². The Bertz CT molecular complexity index is 1240. The molecule has 0 amide bonds. The van der Waals surface area contributed by atoms with E-state index in [-0.39, 0.29) is 6.61 Å². The zero-order chi connectivity index (χ0) is 22.8. The number of aromatic nitrogens is 1. The van der Waals surface area contributed by atoms with Crippen molar-refractivity contribution in [2.75, 3.05) is 25.7 Å². The summed E-state index contributed by atoms with van der Waals surface area (Å²) in [7, 11) is 1.46. The van der Waals surface area contributed by atoms with Crippen LogP contribution in [0.2, 0.25) is 5.02 Å². The smallest absolute Gasteiger partial charge is 0.265 e. The third-order valence-electron chi connectivity index (χ3n) is 4.41. The van der Waals surface area contributed by atoms with Crippen LogP contribution in [0.3, 0.4) is 0 Å². The number of fused-ring (bicyclic) bond motifs is 2. The van der Waals surface area contributed by atoms with Crippen molar-refractivity contribution in [3.63, 3.8) is 0 Å². The molecular formula is C20H21ClN2O5S3. The molecule has 0 unspecified atom stereocenters. The first-order chi connectivity index (χ1) is 14.6. The van der Waals surface area contributed by atoms with Crippen LogP contribution < -0.4 is 14.2 Å². The predicted octanol–water partition coefficient (Wildman–Crippen LogP) is 4.41. The van der Waals surface area contributed by atoms with Crippen LogP contribution in [0.25, 0.3) is 16.3 Å². The fraction of sp³-hybridized carbons (Fsp3) is 0.250. The highest BCUT2D eigenvalue weighted by Crippen LogP contribution is 2.47. The lowest BCUT2D eigenvalue weighted by Crippen LogP contribution is -2.29. The summed E-state index contributed by atoms with van der Waals surface area (Å²) in [5.74, 6) is 0.879. The fourth-order valence-electron chi connectivity index (χ4n) is 2.92. The normalized spacial score (nSPS) is 14.5. The van der Waals surface area contributed by atoms with Crippen molar-refractivity contribution in [2.24, 2.45) is 7.05 Å². The topological polar surface area (TPSA) is 82.8 Å². The van der Waals surface area contributed by atoms with Gasteiger partial charge < -0.3 is 14.2 Å². The number of ether oxygens (including phenoxy) is 1. The summed E-state index contributed by atoms with van der Waals surface area (Å²) in [5, 5.41) is 3.17. The molecule has 4 rings (SSSR count). The predicted molar refractivity (Wildman–Crippen MR) is 125 cm³/mol. The summed E-state index contributed by atoms with van der Waals surface area (Å²) in [5.41, 5.74) is 2.37. The SMILES string of the molecule is CCOS(=O)(=O)[O-].COc1ccc2c(c1)N(C)/C(=C\c1sc3cc(Cl)ccc3[n+]1C)S2. The molecule has 0 fully saturated rings. The molecule has 0 spiro atoms. The summed E-state index contributed by atoms with van der Waals surface area (Å²) < 4.78 is 40.8. The highest BCUT2D eigenvalue weighted by Gasteiger charge is 2.25. The number of benzene rings is 2. The first-order valence-electron chi connectivity index (χ1n) is 9.12. The van der Waals surface area contributed by atoms with Gasteiger partial charge in [0.1, 0.15) is 17.5 Å². The van der Waals surface area contributed by atoms with Crippen LogP contribution in [-0.4, -0.2) is 33.7 Å². The fourth-order valence-corrected chi connectivity index (χ4v) is 5.72. The number of thioether (sulfide) groups is 1. The highest BCUT2D eigenvalue weighted by molar-refractivity contribution is 8.03. The maximum atomic E-state index is 9.45. The molecule has 11 heteroatoms. The minimum absolute atomic E-state index is 0.0914. The average Bonchev–Trinajstić information content (AvgIpc) is 3.18. The van der Waals surface area contributed by atoms with Crippen LogP contribution in [0.1, 0.15) is 11.9 Å². The molecule has 1 aliphatic rings. The number of nitrogens with zero attached hydrogens (tertiary/aromatic N) is 2. The average molecular weight is 501 g/mol. The quantitative estimate of drug-likeness (QED) is 0.298. The van der Waals surface area contributed by atoms with Gasteiger partial charge in [-0.2, -0.15) is 4.57 Å². The minimum atomic E-state index is -4.42. The summed E-state index contributed by atoms with van der Waals surface area (Å²) in [6.07, 6.45) is 2.23. The number of methoxy groups -OCH3 is 1. The second-order valence-electron chi connectivity index (χ2n) is 6.40. The first kappa shape index (κ1) is 23.8. The lowest BCUT2D eigenvalue weighted by molar-refractivity contribution is -0.642. The van der Waals surface area contributed by atoms with Crippen LogP contribution in [0, 0.1) is 0 Å². The number of aryl methyl sites for hydroxylation is 1. The lowest BCUT2D eigenvalue weighted by Gasteiger charge is -2.13. The molecule has 2 heterocycles. The Morgan fingerprint density at radius 3 is 2.61 bits per heavy atom. The first-order valence-corrected chi connectivity index (χ1v) is 12.5. The highest BCUT2D eigenvalue weighted by atomic mass is 35.5. The molecule has 0 saturated heterocycles. The summed E-state index contributed by atoms with van der Waals surface area (Å²) in [6.45, 7) is 1.33. The van der Waals surface area contributed by atoms with Crippen molar-refractivity contribution in [3.05, 3.63) is 51.5 Å². The zero-order valence-electron chi connectivity index (χ0n) is 17.3. The monoisotopic (exact) mass is 500 g/mol. The Balaban J connectivity index is 0.000000339. The number of thiazole rings is 1. The number of hydrogen-bond acceptors (Lipinski definition) is 8. The van der Waals surface area contributed by atoms with Crippen molar-refractivity contribution in [1.29, 1.82) is 0 Å². The van der Waals surface area contributed by atoms with Gasteiger partial charge >= 0.3 is 0 Å². The van der Waals surface area contributed by atoms with Crippen LogP contribution in [-0.2, 0) is 21.6 Å². The van der Waals surface area contributed by atoms with E-state index in [0.717, 1.165) is 10.8 Å². The van der Waals surface area contributed by atoms with E-state index in [2.05, 4.69) is 52.0 Å². The third kappa shape index (κ3) is 5.71. The number of rotatable bonds is 4. The van der Waals surface area contributed by atoms with E-state index in [9.17, 15) is 13.0 Å². The molecule has 0 N–H and O–H groups in total. The van der Waals surface area contributed by atoms with Gasteiger partial charge in [0.15, 0.2) is 0 Å². The Labute approximate surface area is 194 Å². The van der Waals surface area contributed by atoms with E-state index in [1.165, 1.54) is 37.8 Å². The van der Waals surface area contributed by atoms with E-state index in [1.807, 2.05) is 18.2 Å². The summed E-state index contributed by atoms with van der Waals surface area (Å²) in [4.78, 5) is 3.45. The molecule has 0 atom stereocenters. The Morgan fingerprint density at radius 1 is 1.26 bits per heavy atom. The third-order valence-corrected chi connectivity index (χ3v) is 7.48. The lowest BCUT2D eigenvalue weighted by atomic mass is 10.3. The van der Waals surface area contributed by atoms with Gasteiger partial charge in [0, 0.05) is 29.1 Å². The van der Waals surface area contributed by atoms with E-state index in [4.69, 9.17) is 16.3 Å². The van der Waals surface area contributed by atoms with E-state index >= 15 is 0 Å². The number of halogens is 1. The van der Waals surface area contributed by atoms with Crippen LogP contribution in [0.4, 0.5) is 5.69 Å². The Kier molecular flexibility index (Phi) is 7.51. The van der Waals surface area contributed by atoms with Crippen molar-refractivity contribution >= 4 is 67.1 Å².